The van der Waals surface area contributed by atoms with Crippen molar-refractivity contribution in [2.45, 2.75) is 50.6 Å². The molecule has 1 heterocycles. The second kappa shape index (κ2) is 7.98. The van der Waals surface area contributed by atoms with Crippen molar-refractivity contribution >= 4 is 11.9 Å². The second-order valence-electron chi connectivity index (χ2n) is 7.05. The molecule has 1 saturated carbocycles. The van der Waals surface area contributed by atoms with Gasteiger partial charge >= 0.3 is 5.97 Å². The van der Waals surface area contributed by atoms with E-state index < -0.39 is 6.04 Å². The molecule has 0 radical (unpaired) electrons. The molecule has 1 aromatic carbocycles. The number of ether oxygens (including phenoxy) is 3. The van der Waals surface area contributed by atoms with Crippen LogP contribution in [0.5, 0.6) is 11.5 Å². The number of carbonyl (C=O) groups is 2. The van der Waals surface area contributed by atoms with Crippen molar-refractivity contribution in [3.8, 4) is 11.5 Å². The Morgan fingerprint density at radius 2 is 1.81 bits per heavy atom. The molecule has 3 atom stereocenters. The number of benzene rings is 1. The zero-order valence-corrected chi connectivity index (χ0v) is 15.7. The van der Waals surface area contributed by atoms with Gasteiger partial charge < -0.3 is 19.1 Å². The van der Waals surface area contributed by atoms with E-state index in [9.17, 15) is 9.59 Å². The minimum Gasteiger partial charge on any atom is -0.493 e. The fraction of sp³-hybridized carbons (Fsp3) is 0.600. The second-order valence-corrected chi connectivity index (χ2v) is 7.05. The van der Waals surface area contributed by atoms with Gasteiger partial charge in [-0.3, -0.25) is 4.79 Å². The third-order valence-electron chi connectivity index (χ3n) is 5.65. The predicted molar refractivity (Wildman–Crippen MR) is 96.3 cm³/mol. The summed E-state index contributed by atoms with van der Waals surface area (Å²) >= 11 is 0. The average Bonchev–Trinajstić information content (AvgIpc) is 3.06. The monoisotopic (exact) mass is 361 g/mol. The summed E-state index contributed by atoms with van der Waals surface area (Å²) < 4.78 is 15.5. The Hall–Kier alpha value is -2.24. The molecule has 26 heavy (non-hydrogen) atoms. The number of hydrogen-bond acceptors (Lipinski definition) is 5. The molecule has 6 heteroatoms. The van der Waals surface area contributed by atoms with E-state index in [1.165, 1.54) is 13.5 Å². The topological polar surface area (TPSA) is 65.1 Å². The van der Waals surface area contributed by atoms with Gasteiger partial charge in [0.15, 0.2) is 11.5 Å². The zero-order chi connectivity index (χ0) is 18.7. The van der Waals surface area contributed by atoms with Gasteiger partial charge in [0, 0.05) is 6.04 Å². The molecule has 6 nitrogen and oxygen atoms in total. The van der Waals surface area contributed by atoms with Crippen molar-refractivity contribution in [1.29, 1.82) is 0 Å². The maximum Gasteiger partial charge on any atom is 0.328 e. The van der Waals surface area contributed by atoms with Crippen molar-refractivity contribution < 1.29 is 23.8 Å². The van der Waals surface area contributed by atoms with E-state index in [-0.39, 0.29) is 24.3 Å². The lowest BCUT2D eigenvalue weighted by molar-refractivity contribution is -0.152. The van der Waals surface area contributed by atoms with Gasteiger partial charge in [-0.25, -0.2) is 4.79 Å². The maximum absolute atomic E-state index is 13.1. The van der Waals surface area contributed by atoms with Crippen LogP contribution < -0.4 is 9.47 Å². The average molecular weight is 361 g/mol. The molecule has 2 fully saturated rings. The van der Waals surface area contributed by atoms with Gasteiger partial charge in [0.25, 0.3) is 0 Å². The van der Waals surface area contributed by atoms with Crippen LogP contribution in [0.2, 0.25) is 0 Å². The third kappa shape index (κ3) is 3.50. The van der Waals surface area contributed by atoms with Crippen LogP contribution in [0.3, 0.4) is 0 Å². The number of nitrogens with zero attached hydrogens (tertiary/aromatic N) is 1. The number of likely N-dealkylation sites (tertiary alicyclic amines) is 1. The maximum atomic E-state index is 13.1. The first-order chi connectivity index (χ1) is 12.6. The Bertz CT molecular complexity index is 674. The molecule has 2 aliphatic rings. The molecule has 0 spiro atoms. The van der Waals surface area contributed by atoms with E-state index >= 15 is 0 Å². The van der Waals surface area contributed by atoms with Crippen LogP contribution >= 0.6 is 0 Å². The predicted octanol–water partition coefficient (Wildman–Crippen LogP) is 2.58. The fourth-order valence-electron chi connectivity index (χ4n) is 4.42. The number of rotatable bonds is 5. The third-order valence-corrected chi connectivity index (χ3v) is 5.65. The summed E-state index contributed by atoms with van der Waals surface area (Å²) in [4.78, 5) is 27.2. The van der Waals surface area contributed by atoms with E-state index in [1.54, 1.807) is 25.2 Å². The number of methoxy groups -OCH3 is 3. The highest BCUT2D eigenvalue weighted by Gasteiger charge is 2.47. The quantitative estimate of drug-likeness (QED) is 0.754. The van der Waals surface area contributed by atoms with Crippen molar-refractivity contribution in [2.75, 3.05) is 21.3 Å². The molecule has 142 valence electrons. The largest absolute Gasteiger partial charge is 0.493 e. The Labute approximate surface area is 154 Å². The number of esters is 1. The van der Waals surface area contributed by atoms with Gasteiger partial charge in [-0.15, -0.1) is 0 Å². The summed E-state index contributed by atoms with van der Waals surface area (Å²) in [6.45, 7) is 0. The minimum absolute atomic E-state index is 0.0259. The lowest BCUT2D eigenvalue weighted by Crippen LogP contribution is -2.47. The fourth-order valence-corrected chi connectivity index (χ4v) is 4.42. The van der Waals surface area contributed by atoms with E-state index in [2.05, 4.69) is 0 Å². The lowest BCUT2D eigenvalue weighted by Gasteiger charge is -2.33. The Morgan fingerprint density at radius 3 is 2.50 bits per heavy atom. The smallest absolute Gasteiger partial charge is 0.328 e. The van der Waals surface area contributed by atoms with Crippen molar-refractivity contribution in [1.82, 2.24) is 4.90 Å². The van der Waals surface area contributed by atoms with Gasteiger partial charge in [-0.1, -0.05) is 18.9 Å². The van der Waals surface area contributed by atoms with Crippen LogP contribution in [0.15, 0.2) is 18.2 Å². The molecule has 1 aliphatic carbocycles. The summed E-state index contributed by atoms with van der Waals surface area (Å²) in [5, 5.41) is 0. The Kier molecular flexibility index (Phi) is 5.69. The molecular formula is C20H27NO5. The van der Waals surface area contributed by atoms with Crippen LogP contribution in [-0.2, 0) is 20.7 Å². The van der Waals surface area contributed by atoms with E-state index in [4.69, 9.17) is 14.2 Å². The number of carbonyl (C=O) groups excluding carboxylic acids is 2. The Morgan fingerprint density at radius 1 is 1.08 bits per heavy atom. The zero-order valence-electron chi connectivity index (χ0n) is 15.7. The van der Waals surface area contributed by atoms with Crippen LogP contribution in [0.1, 0.15) is 37.7 Å². The number of fused-ring (bicyclic) bond motifs is 1. The molecule has 0 unspecified atom stereocenters. The van der Waals surface area contributed by atoms with E-state index in [0.717, 1.165) is 31.2 Å². The molecule has 1 saturated heterocycles. The van der Waals surface area contributed by atoms with E-state index in [0.29, 0.717) is 17.4 Å². The first-order valence-corrected chi connectivity index (χ1v) is 9.19. The van der Waals surface area contributed by atoms with Crippen molar-refractivity contribution in [3.05, 3.63) is 23.8 Å². The summed E-state index contributed by atoms with van der Waals surface area (Å²) in [5.74, 6) is 1.30. The first kappa shape index (κ1) is 18.5. The lowest BCUT2D eigenvalue weighted by atomic mass is 9.84. The van der Waals surface area contributed by atoms with Gasteiger partial charge in [0.1, 0.15) is 6.04 Å². The number of hydrogen-bond donors (Lipinski definition) is 0. The highest BCUT2D eigenvalue weighted by atomic mass is 16.5. The first-order valence-electron chi connectivity index (χ1n) is 9.19. The van der Waals surface area contributed by atoms with Gasteiger partial charge in [0.05, 0.1) is 27.8 Å². The molecule has 1 aliphatic heterocycles. The van der Waals surface area contributed by atoms with Crippen molar-refractivity contribution in [2.24, 2.45) is 5.92 Å². The standard InChI is InChI=1S/C20H27NO5/c1-24-17-9-8-13(10-18(17)25-2)11-19(22)21-15-7-5-4-6-14(15)12-16(21)20(23)26-3/h8-10,14-16H,4-7,11-12H2,1-3H3/t14-,15+,16-/m0/s1. The minimum atomic E-state index is -0.458. The summed E-state index contributed by atoms with van der Waals surface area (Å²) in [6.07, 6.45) is 5.28. The normalized spacial score (nSPS) is 24.7. The highest BCUT2D eigenvalue weighted by Crippen LogP contribution is 2.40. The SMILES string of the molecule is COC(=O)[C@@H]1C[C@@H]2CCCC[C@H]2N1C(=O)Cc1ccc(OC)c(OC)c1. The molecular weight excluding hydrogens is 334 g/mol. The van der Waals surface area contributed by atoms with Crippen LogP contribution in [0.4, 0.5) is 0 Å². The summed E-state index contributed by atoms with van der Waals surface area (Å²) in [5.41, 5.74) is 0.843. The molecule has 0 bridgehead atoms. The highest BCUT2D eigenvalue weighted by molar-refractivity contribution is 5.87. The number of amides is 1. The van der Waals surface area contributed by atoms with Crippen LogP contribution in [0, 0.1) is 5.92 Å². The summed E-state index contributed by atoms with van der Waals surface area (Å²) in [6, 6.07) is 5.17. The Balaban J connectivity index is 1.81. The van der Waals surface area contributed by atoms with Gasteiger partial charge in [-0.2, -0.15) is 0 Å². The van der Waals surface area contributed by atoms with Gasteiger partial charge in [0.2, 0.25) is 5.91 Å². The van der Waals surface area contributed by atoms with Crippen LogP contribution in [0.25, 0.3) is 0 Å². The molecule has 3 rings (SSSR count). The van der Waals surface area contributed by atoms with Crippen molar-refractivity contribution in [3.63, 3.8) is 0 Å². The summed E-state index contributed by atoms with van der Waals surface area (Å²) in [7, 11) is 4.54. The van der Waals surface area contributed by atoms with E-state index in [1.807, 2.05) is 12.1 Å². The molecule has 1 aromatic rings. The van der Waals surface area contributed by atoms with Crippen LogP contribution in [-0.4, -0.2) is 50.2 Å². The van der Waals surface area contributed by atoms with Gasteiger partial charge in [-0.05, 0) is 42.9 Å². The molecule has 0 N–H and O–H groups in total. The molecule has 0 aromatic heterocycles. The molecule has 1 amide bonds.